The molecule has 1 fully saturated rings. The summed E-state index contributed by atoms with van der Waals surface area (Å²) in [6.45, 7) is 1.99. The molecule has 2 atom stereocenters. The maximum absolute atomic E-state index is 14.3. The van der Waals surface area contributed by atoms with E-state index < -0.39 is 17.8 Å². The van der Waals surface area contributed by atoms with Crippen molar-refractivity contribution in [2.75, 3.05) is 30.0 Å². The van der Waals surface area contributed by atoms with Gasteiger partial charge < -0.3 is 14.4 Å². The molecular formula is C43H35Cl2N3O5. The van der Waals surface area contributed by atoms with E-state index in [1.807, 2.05) is 48.5 Å². The molecule has 0 unspecified atom stereocenters. The van der Waals surface area contributed by atoms with Gasteiger partial charge in [-0.15, -0.1) is 0 Å². The van der Waals surface area contributed by atoms with Gasteiger partial charge in [0, 0.05) is 46.2 Å². The molecule has 266 valence electrons. The van der Waals surface area contributed by atoms with Crippen LogP contribution in [0.3, 0.4) is 0 Å². The molecule has 1 saturated heterocycles. The van der Waals surface area contributed by atoms with Gasteiger partial charge in [-0.25, -0.2) is 9.69 Å². The Balaban J connectivity index is 1.16. The van der Waals surface area contributed by atoms with Crippen molar-refractivity contribution in [3.63, 3.8) is 0 Å². The number of methoxy groups -OCH3 is 1. The highest BCUT2D eigenvalue weighted by atomic mass is 35.5. The van der Waals surface area contributed by atoms with Gasteiger partial charge in [0.1, 0.15) is 12.2 Å². The van der Waals surface area contributed by atoms with E-state index in [-0.39, 0.29) is 24.0 Å². The molecule has 5 aromatic carbocycles. The second kappa shape index (κ2) is 14.5. The lowest BCUT2D eigenvalue weighted by molar-refractivity contribution is -0.122. The number of hydrogen-bond acceptors (Lipinski definition) is 6. The van der Waals surface area contributed by atoms with Crippen molar-refractivity contribution in [1.82, 2.24) is 5.32 Å². The number of carbonyl (C=O) groups is 3. The van der Waals surface area contributed by atoms with Crippen molar-refractivity contribution in [2.45, 2.75) is 31.3 Å². The number of barbiturate groups is 1. The summed E-state index contributed by atoms with van der Waals surface area (Å²) in [6, 6.07) is 34.1. The molecule has 8 rings (SSSR count). The molecule has 1 N–H and O–H groups in total. The minimum absolute atomic E-state index is 0.0687. The first kappa shape index (κ1) is 34.5. The highest BCUT2D eigenvalue weighted by molar-refractivity contribution is 6.39. The number of urea groups is 1. The van der Waals surface area contributed by atoms with Gasteiger partial charge in [0.15, 0.2) is 11.5 Å². The Morgan fingerprint density at radius 2 is 1.42 bits per heavy atom. The fourth-order valence-corrected chi connectivity index (χ4v) is 8.18. The highest BCUT2D eigenvalue weighted by Gasteiger charge is 2.40. The predicted octanol–water partition coefficient (Wildman–Crippen LogP) is 9.12. The number of halogens is 2. The highest BCUT2D eigenvalue weighted by Crippen LogP contribution is 2.50. The van der Waals surface area contributed by atoms with Crippen molar-refractivity contribution in [2.24, 2.45) is 0 Å². The zero-order valence-electron chi connectivity index (χ0n) is 28.9. The van der Waals surface area contributed by atoms with E-state index >= 15 is 0 Å². The van der Waals surface area contributed by atoms with Crippen LogP contribution in [0.15, 0.2) is 115 Å². The molecule has 8 nitrogen and oxygen atoms in total. The van der Waals surface area contributed by atoms with E-state index in [4.69, 9.17) is 32.7 Å². The third kappa shape index (κ3) is 6.65. The van der Waals surface area contributed by atoms with E-state index in [2.05, 4.69) is 34.5 Å². The number of carbonyl (C=O) groups excluding carboxylic acids is 3. The molecule has 53 heavy (non-hydrogen) atoms. The van der Waals surface area contributed by atoms with Gasteiger partial charge in [0.25, 0.3) is 11.8 Å². The van der Waals surface area contributed by atoms with Crippen LogP contribution in [0.2, 0.25) is 10.0 Å². The second-order valence-corrected chi connectivity index (χ2v) is 14.2. The molecule has 4 amide bonds. The predicted molar refractivity (Wildman–Crippen MR) is 207 cm³/mol. The SMILES string of the molecule is COc1cc(/C=C2\C(=O)NC(=O)N(c3cc4c5c(c3)[C@H](c3ccccc3)CCN5CC[C@@H]4c3ccccc3)C2=O)ccc1OCc1ccc(Cl)cc1Cl. The van der Waals surface area contributed by atoms with Crippen molar-refractivity contribution in [3.8, 4) is 11.5 Å². The van der Waals surface area contributed by atoms with Crippen LogP contribution in [0.4, 0.5) is 16.2 Å². The van der Waals surface area contributed by atoms with Gasteiger partial charge >= 0.3 is 6.03 Å². The number of benzene rings is 5. The van der Waals surface area contributed by atoms with Gasteiger partial charge in [-0.3, -0.25) is 14.9 Å². The maximum Gasteiger partial charge on any atom is 0.335 e. The van der Waals surface area contributed by atoms with E-state index in [9.17, 15) is 14.4 Å². The Morgan fingerprint density at radius 1 is 0.774 bits per heavy atom. The molecule has 0 aromatic heterocycles. The number of anilines is 2. The molecule has 0 bridgehead atoms. The lowest BCUT2D eigenvalue weighted by Crippen LogP contribution is -2.54. The van der Waals surface area contributed by atoms with Crippen molar-refractivity contribution in [1.29, 1.82) is 0 Å². The van der Waals surface area contributed by atoms with E-state index in [0.29, 0.717) is 32.8 Å². The van der Waals surface area contributed by atoms with Crippen LogP contribution >= 0.6 is 23.2 Å². The lowest BCUT2D eigenvalue weighted by Gasteiger charge is -2.44. The molecule has 3 aliphatic rings. The number of nitrogens with one attached hydrogen (secondary N) is 1. The standard InChI is InChI=1S/C43H35Cl2N3O5/c1-52-39-21-26(12-15-38(39)53-25-29-13-14-30(44)22-37(29)45)20-36-41(49)46-43(51)48(42(36)50)31-23-34-32(27-8-4-2-5-9-27)16-18-47-19-17-33(35(24-31)40(34)47)28-10-6-3-7-11-28/h2-15,20-24,32-33H,16-19,25H2,1H3,(H,46,49,51)/b36-20+/t32-,33+. The summed E-state index contributed by atoms with van der Waals surface area (Å²) in [4.78, 5) is 44.8. The molecule has 0 radical (unpaired) electrons. The van der Waals surface area contributed by atoms with Crippen molar-refractivity contribution >= 4 is 58.5 Å². The maximum atomic E-state index is 14.3. The smallest absolute Gasteiger partial charge is 0.335 e. The summed E-state index contributed by atoms with van der Waals surface area (Å²) in [5.74, 6) is -0.521. The Morgan fingerprint density at radius 3 is 2.02 bits per heavy atom. The topological polar surface area (TPSA) is 88.2 Å². The Hall–Kier alpha value is -5.57. The quantitative estimate of drug-likeness (QED) is 0.126. The van der Waals surface area contributed by atoms with Gasteiger partial charge in [-0.2, -0.15) is 0 Å². The average Bonchev–Trinajstić information content (AvgIpc) is 3.17. The summed E-state index contributed by atoms with van der Waals surface area (Å²) in [7, 11) is 1.50. The van der Waals surface area contributed by atoms with Crippen LogP contribution in [0.1, 0.15) is 58.1 Å². The van der Waals surface area contributed by atoms with Crippen LogP contribution in [0.25, 0.3) is 6.08 Å². The van der Waals surface area contributed by atoms with Crippen LogP contribution in [0, 0.1) is 0 Å². The van der Waals surface area contributed by atoms with Gasteiger partial charge in [0.05, 0.1) is 12.8 Å². The minimum Gasteiger partial charge on any atom is -0.493 e. The Kier molecular flexibility index (Phi) is 9.41. The van der Waals surface area contributed by atoms with Crippen LogP contribution in [-0.2, 0) is 16.2 Å². The van der Waals surface area contributed by atoms with Crippen LogP contribution in [0.5, 0.6) is 11.5 Å². The number of hydrogen-bond donors (Lipinski definition) is 1. The van der Waals surface area contributed by atoms with E-state index in [0.717, 1.165) is 47.5 Å². The first-order valence-corrected chi connectivity index (χ1v) is 18.2. The largest absolute Gasteiger partial charge is 0.493 e. The normalized spacial score (nSPS) is 18.8. The molecule has 10 heteroatoms. The van der Waals surface area contributed by atoms with Gasteiger partial charge in [-0.1, -0.05) is 96.0 Å². The molecule has 3 aliphatic heterocycles. The zero-order chi connectivity index (χ0) is 36.6. The third-order valence-electron chi connectivity index (χ3n) is 10.3. The van der Waals surface area contributed by atoms with Crippen LogP contribution in [-0.4, -0.2) is 38.0 Å². The summed E-state index contributed by atoms with van der Waals surface area (Å²) < 4.78 is 11.6. The van der Waals surface area contributed by atoms with Gasteiger partial charge in [-0.05, 0) is 83.1 Å². The monoisotopic (exact) mass is 743 g/mol. The Labute approximate surface area is 317 Å². The summed E-state index contributed by atoms with van der Waals surface area (Å²) in [5, 5.41) is 3.41. The Bertz CT molecular complexity index is 2200. The molecule has 0 aliphatic carbocycles. The molecule has 0 spiro atoms. The van der Waals surface area contributed by atoms with E-state index in [1.54, 1.807) is 36.4 Å². The first-order chi connectivity index (χ1) is 25.8. The summed E-state index contributed by atoms with van der Waals surface area (Å²) in [5.41, 5.74) is 7.15. The number of ether oxygens (including phenoxy) is 2. The minimum atomic E-state index is -0.789. The first-order valence-electron chi connectivity index (χ1n) is 17.5. The summed E-state index contributed by atoms with van der Waals surface area (Å²) in [6.07, 6.45) is 3.26. The number of imide groups is 2. The van der Waals surface area contributed by atoms with Crippen molar-refractivity contribution < 1.29 is 23.9 Å². The molecular weight excluding hydrogens is 709 g/mol. The molecule has 0 saturated carbocycles. The third-order valence-corrected chi connectivity index (χ3v) is 10.8. The fourth-order valence-electron chi connectivity index (χ4n) is 7.71. The molecule has 5 aromatic rings. The molecule has 3 heterocycles. The van der Waals surface area contributed by atoms with Crippen LogP contribution < -0.4 is 24.6 Å². The van der Waals surface area contributed by atoms with Crippen molar-refractivity contribution in [3.05, 3.63) is 158 Å². The van der Waals surface area contributed by atoms with Gasteiger partial charge in [0.2, 0.25) is 0 Å². The second-order valence-electron chi connectivity index (χ2n) is 13.4. The number of amides is 4. The number of nitrogens with zero attached hydrogens (tertiary/aromatic N) is 2. The van der Waals surface area contributed by atoms with E-state index in [1.165, 1.54) is 30.0 Å². The number of rotatable bonds is 8. The average molecular weight is 745 g/mol. The fraction of sp³-hybridized carbons (Fsp3) is 0.186. The summed E-state index contributed by atoms with van der Waals surface area (Å²) >= 11 is 12.4. The lowest BCUT2D eigenvalue weighted by atomic mass is 9.76. The zero-order valence-corrected chi connectivity index (χ0v) is 30.4.